The first-order valence-electron chi connectivity index (χ1n) is 6.14. The summed E-state index contributed by atoms with van der Waals surface area (Å²) in [6, 6.07) is 8.71. The standard InChI is InChI=1S/C14H22BrNS/c1-16-11-13(4-3-9-17-2)10-12-5-7-14(15)8-6-12/h5-8,13,16H,3-4,9-11H2,1-2H3. The molecule has 0 saturated heterocycles. The third-order valence-corrected chi connectivity index (χ3v) is 4.12. The van der Waals surface area contributed by atoms with Crippen molar-refractivity contribution < 1.29 is 0 Å². The minimum absolute atomic E-state index is 0.758. The zero-order valence-electron chi connectivity index (χ0n) is 10.7. The van der Waals surface area contributed by atoms with Crippen LogP contribution in [0.3, 0.4) is 0 Å². The van der Waals surface area contributed by atoms with E-state index in [1.54, 1.807) is 0 Å². The number of hydrogen-bond acceptors (Lipinski definition) is 2. The fourth-order valence-electron chi connectivity index (χ4n) is 2.04. The molecule has 0 amide bonds. The molecule has 96 valence electrons. The number of nitrogens with one attached hydrogen (secondary N) is 1. The fraction of sp³-hybridized carbons (Fsp3) is 0.571. The van der Waals surface area contributed by atoms with Crippen molar-refractivity contribution in [2.24, 2.45) is 5.92 Å². The van der Waals surface area contributed by atoms with Gasteiger partial charge in [0.1, 0.15) is 0 Å². The number of hydrogen-bond donors (Lipinski definition) is 1. The van der Waals surface area contributed by atoms with E-state index >= 15 is 0 Å². The van der Waals surface area contributed by atoms with Crippen molar-refractivity contribution in [1.29, 1.82) is 0 Å². The largest absolute Gasteiger partial charge is 0.319 e. The molecule has 0 aliphatic heterocycles. The molecule has 1 N–H and O–H groups in total. The summed E-state index contributed by atoms with van der Waals surface area (Å²) < 4.78 is 1.16. The van der Waals surface area contributed by atoms with Crippen molar-refractivity contribution in [2.45, 2.75) is 19.3 Å². The normalized spacial score (nSPS) is 12.6. The maximum absolute atomic E-state index is 3.48. The van der Waals surface area contributed by atoms with Gasteiger partial charge in [0, 0.05) is 4.47 Å². The lowest BCUT2D eigenvalue weighted by Gasteiger charge is -2.16. The third-order valence-electron chi connectivity index (χ3n) is 2.89. The van der Waals surface area contributed by atoms with E-state index in [0.717, 1.165) is 16.9 Å². The van der Waals surface area contributed by atoms with Crippen molar-refractivity contribution in [3.05, 3.63) is 34.3 Å². The van der Waals surface area contributed by atoms with Crippen LogP contribution in [-0.4, -0.2) is 25.6 Å². The van der Waals surface area contributed by atoms with Crippen molar-refractivity contribution >= 4 is 27.7 Å². The van der Waals surface area contributed by atoms with Gasteiger partial charge in [-0.05, 0) is 68.5 Å². The second kappa shape index (κ2) is 9.01. The molecule has 1 aromatic carbocycles. The van der Waals surface area contributed by atoms with Crippen LogP contribution in [0, 0.1) is 5.92 Å². The maximum Gasteiger partial charge on any atom is 0.0175 e. The molecule has 0 radical (unpaired) electrons. The third kappa shape index (κ3) is 6.49. The Morgan fingerprint density at radius 1 is 1.29 bits per heavy atom. The van der Waals surface area contributed by atoms with Gasteiger partial charge in [0.2, 0.25) is 0 Å². The number of thioether (sulfide) groups is 1. The average Bonchev–Trinajstić information content (AvgIpc) is 2.32. The summed E-state index contributed by atoms with van der Waals surface area (Å²) in [4.78, 5) is 0. The molecule has 1 nitrogen and oxygen atoms in total. The topological polar surface area (TPSA) is 12.0 Å². The Kier molecular flexibility index (Phi) is 7.99. The molecular weight excluding hydrogens is 294 g/mol. The molecule has 0 bridgehead atoms. The molecule has 1 unspecified atom stereocenters. The van der Waals surface area contributed by atoms with Crippen molar-refractivity contribution in [3.63, 3.8) is 0 Å². The summed E-state index contributed by atoms with van der Waals surface area (Å²) in [5.74, 6) is 2.04. The highest BCUT2D eigenvalue weighted by Crippen LogP contribution is 2.17. The van der Waals surface area contributed by atoms with Crippen LogP contribution in [0.1, 0.15) is 18.4 Å². The summed E-state index contributed by atoms with van der Waals surface area (Å²) >= 11 is 5.42. The molecule has 17 heavy (non-hydrogen) atoms. The quantitative estimate of drug-likeness (QED) is 0.728. The van der Waals surface area contributed by atoms with Crippen LogP contribution in [0.4, 0.5) is 0 Å². The predicted molar refractivity (Wildman–Crippen MR) is 82.9 cm³/mol. The van der Waals surface area contributed by atoms with E-state index in [0.29, 0.717) is 0 Å². The Labute approximate surface area is 118 Å². The predicted octanol–water partition coefficient (Wildman–Crippen LogP) is 3.97. The van der Waals surface area contributed by atoms with Gasteiger partial charge < -0.3 is 5.32 Å². The Balaban J connectivity index is 2.44. The molecular formula is C14H22BrNS. The lowest BCUT2D eigenvalue weighted by molar-refractivity contribution is 0.457. The minimum Gasteiger partial charge on any atom is -0.319 e. The van der Waals surface area contributed by atoms with Gasteiger partial charge in [-0.2, -0.15) is 11.8 Å². The Bertz CT molecular complexity index is 300. The number of rotatable bonds is 8. The summed E-state index contributed by atoms with van der Waals surface area (Å²) in [5, 5.41) is 3.31. The first-order chi connectivity index (χ1) is 8.26. The number of benzene rings is 1. The molecule has 1 rings (SSSR count). The highest BCUT2D eigenvalue weighted by atomic mass is 79.9. The summed E-state index contributed by atoms with van der Waals surface area (Å²) in [6.07, 6.45) is 6.01. The van der Waals surface area contributed by atoms with Gasteiger partial charge in [0.05, 0.1) is 0 Å². The first kappa shape index (κ1) is 15.1. The molecule has 0 aromatic heterocycles. The smallest absolute Gasteiger partial charge is 0.0175 e. The lowest BCUT2D eigenvalue weighted by atomic mass is 9.95. The van der Waals surface area contributed by atoms with Gasteiger partial charge in [-0.15, -0.1) is 0 Å². The van der Waals surface area contributed by atoms with Gasteiger partial charge in [0.15, 0.2) is 0 Å². The zero-order valence-corrected chi connectivity index (χ0v) is 13.1. The van der Waals surface area contributed by atoms with Gasteiger partial charge in [-0.25, -0.2) is 0 Å². The van der Waals surface area contributed by atoms with Crippen LogP contribution >= 0.6 is 27.7 Å². The second-order valence-electron chi connectivity index (χ2n) is 4.39. The maximum atomic E-state index is 3.48. The van der Waals surface area contributed by atoms with E-state index in [9.17, 15) is 0 Å². The lowest BCUT2D eigenvalue weighted by Crippen LogP contribution is -2.21. The minimum atomic E-state index is 0.758. The number of halogens is 1. The summed E-state index contributed by atoms with van der Waals surface area (Å²) in [7, 11) is 2.04. The van der Waals surface area contributed by atoms with Crippen LogP contribution in [0.5, 0.6) is 0 Å². The molecule has 0 spiro atoms. The molecule has 0 saturated carbocycles. The highest BCUT2D eigenvalue weighted by Gasteiger charge is 2.08. The molecule has 1 atom stereocenters. The van der Waals surface area contributed by atoms with E-state index in [2.05, 4.69) is 51.8 Å². The molecule has 0 aliphatic rings. The van der Waals surface area contributed by atoms with E-state index in [-0.39, 0.29) is 0 Å². The second-order valence-corrected chi connectivity index (χ2v) is 6.29. The van der Waals surface area contributed by atoms with Crippen LogP contribution in [0.15, 0.2) is 28.7 Å². The highest BCUT2D eigenvalue weighted by molar-refractivity contribution is 9.10. The van der Waals surface area contributed by atoms with E-state index in [1.807, 2.05) is 18.8 Å². The van der Waals surface area contributed by atoms with Gasteiger partial charge >= 0.3 is 0 Å². The zero-order chi connectivity index (χ0) is 12.5. The van der Waals surface area contributed by atoms with E-state index < -0.39 is 0 Å². The fourth-order valence-corrected chi connectivity index (χ4v) is 2.75. The first-order valence-corrected chi connectivity index (χ1v) is 8.33. The molecule has 3 heteroatoms. The van der Waals surface area contributed by atoms with E-state index in [1.165, 1.54) is 30.6 Å². The summed E-state index contributed by atoms with van der Waals surface area (Å²) in [6.45, 7) is 1.12. The molecule has 0 aliphatic carbocycles. The monoisotopic (exact) mass is 315 g/mol. The van der Waals surface area contributed by atoms with Crippen LogP contribution in [0.2, 0.25) is 0 Å². The molecule has 0 heterocycles. The molecule has 0 fully saturated rings. The Morgan fingerprint density at radius 2 is 2.00 bits per heavy atom. The summed E-state index contributed by atoms with van der Waals surface area (Å²) in [5.41, 5.74) is 1.44. The molecule has 1 aromatic rings. The van der Waals surface area contributed by atoms with Gasteiger partial charge in [0.25, 0.3) is 0 Å². The van der Waals surface area contributed by atoms with Crippen molar-refractivity contribution in [3.8, 4) is 0 Å². The van der Waals surface area contributed by atoms with Gasteiger partial charge in [-0.1, -0.05) is 28.1 Å². The van der Waals surface area contributed by atoms with Gasteiger partial charge in [-0.3, -0.25) is 0 Å². The average molecular weight is 316 g/mol. The SMILES string of the molecule is CNCC(CCCSC)Cc1ccc(Br)cc1. The Hall–Kier alpha value is 0.01000. The van der Waals surface area contributed by atoms with Crippen molar-refractivity contribution in [2.75, 3.05) is 25.6 Å². The Morgan fingerprint density at radius 3 is 2.59 bits per heavy atom. The van der Waals surface area contributed by atoms with Crippen molar-refractivity contribution in [1.82, 2.24) is 5.32 Å². The van der Waals surface area contributed by atoms with E-state index in [4.69, 9.17) is 0 Å². The van der Waals surface area contributed by atoms with Crippen LogP contribution in [-0.2, 0) is 6.42 Å². The van der Waals surface area contributed by atoms with Crippen LogP contribution in [0.25, 0.3) is 0 Å². The van der Waals surface area contributed by atoms with Crippen LogP contribution < -0.4 is 5.32 Å².